The third-order valence-electron chi connectivity index (χ3n) is 3.79. The number of rotatable bonds is 4. The van der Waals surface area contributed by atoms with Crippen molar-refractivity contribution >= 4 is 17.8 Å². The average molecular weight is 356 g/mol. The lowest BCUT2D eigenvalue weighted by molar-refractivity contribution is 0.237. The predicted octanol–water partition coefficient (Wildman–Crippen LogP) is 3.27. The normalized spacial score (nSPS) is 12.7. The van der Waals surface area contributed by atoms with Crippen LogP contribution in [0.15, 0.2) is 41.6 Å². The second-order valence-corrected chi connectivity index (χ2v) is 6.37. The first-order chi connectivity index (χ1) is 12.1. The summed E-state index contributed by atoms with van der Waals surface area (Å²) in [4.78, 5) is 20.3. The van der Waals surface area contributed by atoms with Gasteiger partial charge in [-0.3, -0.25) is 5.32 Å². The molecule has 0 bridgehead atoms. The molecular formula is C18H20N4O2S. The quantitative estimate of drug-likeness (QED) is 0.649. The number of ether oxygens (including phenoxy) is 1. The van der Waals surface area contributed by atoms with Gasteiger partial charge in [-0.1, -0.05) is 11.8 Å². The summed E-state index contributed by atoms with van der Waals surface area (Å²) in [6, 6.07) is 3.86. The molecule has 0 saturated carbocycles. The fraction of sp³-hybridized carbons (Fsp3) is 0.278. The zero-order valence-corrected chi connectivity index (χ0v) is 15.2. The van der Waals surface area contributed by atoms with Crippen LogP contribution in [0.4, 0.5) is 4.79 Å². The van der Waals surface area contributed by atoms with Crippen molar-refractivity contribution < 1.29 is 9.53 Å². The molecule has 1 aromatic carbocycles. The minimum Gasteiger partial charge on any atom is -0.441 e. The summed E-state index contributed by atoms with van der Waals surface area (Å²) in [7, 11) is 0. The standard InChI is InChI=1S/C18H20N4O2S/c1-4-19-17(23)22-15-6-5-12-8-13(7-11(2)16(12)24-15)14-9-20-18(25-3)21-10-14/h6-10H,4-5H2,1-3H3,(H2,19,22,23). The number of benzene rings is 1. The topological polar surface area (TPSA) is 76.1 Å². The number of amides is 2. The second kappa shape index (κ2) is 7.57. The first kappa shape index (κ1) is 17.3. The molecule has 2 heterocycles. The molecule has 0 aliphatic carbocycles. The van der Waals surface area contributed by atoms with Gasteiger partial charge in [-0.25, -0.2) is 14.8 Å². The van der Waals surface area contributed by atoms with Gasteiger partial charge in [0, 0.05) is 24.5 Å². The van der Waals surface area contributed by atoms with Crippen molar-refractivity contribution in [1.82, 2.24) is 20.6 Å². The van der Waals surface area contributed by atoms with Crippen LogP contribution in [-0.4, -0.2) is 28.8 Å². The number of aryl methyl sites for hydroxylation is 1. The molecule has 130 valence electrons. The molecule has 6 nitrogen and oxygen atoms in total. The smallest absolute Gasteiger partial charge is 0.321 e. The fourth-order valence-electron chi connectivity index (χ4n) is 2.63. The van der Waals surface area contributed by atoms with Crippen molar-refractivity contribution in [1.29, 1.82) is 0 Å². The second-order valence-electron chi connectivity index (χ2n) is 5.60. The zero-order valence-electron chi connectivity index (χ0n) is 14.4. The molecule has 25 heavy (non-hydrogen) atoms. The van der Waals surface area contributed by atoms with E-state index < -0.39 is 0 Å². The van der Waals surface area contributed by atoms with E-state index in [0.29, 0.717) is 18.8 Å². The lowest BCUT2D eigenvalue weighted by atomic mass is 9.98. The highest BCUT2D eigenvalue weighted by atomic mass is 32.2. The van der Waals surface area contributed by atoms with Gasteiger partial charge in [0.2, 0.25) is 0 Å². The Morgan fingerprint density at radius 2 is 2.04 bits per heavy atom. The monoisotopic (exact) mass is 356 g/mol. The van der Waals surface area contributed by atoms with E-state index in [4.69, 9.17) is 4.74 Å². The fourth-order valence-corrected chi connectivity index (χ4v) is 2.95. The van der Waals surface area contributed by atoms with E-state index in [9.17, 15) is 4.79 Å². The van der Waals surface area contributed by atoms with Crippen molar-refractivity contribution in [3.63, 3.8) is 0 Å². The number of allylic oxidation sites excluding steroid dienone is 1. The molecule has 0 spiro atoms. The summed E-state index contributed by atoms with van der Waals surface area (Å²) in [5.74, 6) is 1.25. The Morgan fingerprint density at radius 3 is 2.72 bits per heavy atom. The van der Waals surface area contributed by atoms with Crippen LogP contribution >= 0.6 is 11.8 Å². The maximum atomic E-state index is 11.6. The molecule has 1 aliphatic rings. The lowest BCUT2D eigenvalue weighted by Gasteiger charge is -2.21. The van der Waals surface area contributed by atoms with Crippen LogP contribution in [-0.2, 0) is 6.42 Å². The molecule has 1 aromatic heterocycles. The van der Waals surface area contributed by atoms with Gasteiger partial charge in [-0.05, 0) is 61.4 Å². The number of hydrogen-bond donors (Lipinski definition) is 2. The number of aromatic nitrogens is 2. The van der Waals surface area contributed by atoms with Gasteiger partial charge in [0.05, 0.1) is 0 Å². The van der Waals surface area contributed by atoms with Crippen molar-refractivity contribution in [2.24, 2.45) is 0 Å². The third-order valence-corrected chi connectivity index (χ3v) is 4.37. The van der Waals surface area contributed by atoms with Gasteiger partial charge in [-0.15, -0.1) is 0 Å². The summed E-state index contributed by atoms with van der Waals surface area (Å²) in [6.45, 7) is 4.43. The molecule has 1 aliphatic heterocycles. The van der Waals surface area contributed by atoms with Gasteiger partial charge >= 0.3 is 6.03 Å². The first-order valence-corrected chi connectivity index (χ1v) is 9.26. The number of hydrogen-bond acceptors (Lipinski definition) is 5. The van der Waals surface area contributed by atoms with Crippen LogP contribution in [0.1, 0.15) is 18.1 Å². The number of urea groups is 1. The van der Waals surface area contributed by atoms with Crippen LogP contribution in [0.2, 0.25) is 0 Å². The summed E-state index contributed by atoms with van der Waals surface area (Å²) in [5.41, 5.74) is 4.11. The molecule has 2 N–H and O–H groups in total. The highest BCUT2D eigenvalue weighted by molar-refractivity contribution is 7.98. The average Bonchev–Trinajstić information content (AvgIpc) is 2.62. The molecule has 2 amide bonds. The van der Waals surface area contributed by atoms with E-state index in [2.05, 4.69) is 26.7 Å². The van der Waals surface area contributed by atoms with Crippen LogP contribution in [0.5, 0.6) is 5.75 Å². The van der Waals surface area contributed by atoms with Gasteiger partial charge in [0.1, 0.15) is 5.75 Å². The minimum atomic E-state index is -0.266. The molecular weight excluding hydrogens is 336 g/mol. The predicted molar refractivity (Wildman–Crippen MR) is 98.6 cm³/mol. The Hall–Kier alpha value is -2.54. The molecule has 0 saturated heterocycles. The van der Waals surface area contributed by atoms with E-state index in [1.807, 2.05) is 44.6 Å². The Kier molecular flexibility index (Phi) is 5.23. The van der Waals surface area contributed by atoms with E-state index in [1.54, 1.807) is 0 Å². The highest BCUT2D eigenvalue weighted by Crippen LogP contribution is 2.34. The highest BCUT2D eigenvalue weighted by Gasteiger charge is 2.18. The van der Waals surface area contributed by atoms with Crippen molar-refractivity contribution in [2.75, 3.05) is 12.8 Å². The number of fused-ring (bicyclic) bond motifs is 1. The number of nitrogens with one attached hydrogen (secondary N) is 2. The van der Waals surface area contributed by atoms with Gasteiger partial charge in [0.15, 0.2) is 11.0 Å². The summed E-state index contributed by atoms with van der Waals surface area (Å²) < 4.78 is 5.86. The molecule has 0 fully saturated rings. The lowest BCUT2D eigenvalue weighted by Crippen LogP contribution is -2.36. The summed E-state index contributed by atoms with van der Waals surface area (Å²) >= 11 is 1.52. The van der Waals surface area contributed by atoms with Crippen LogP contribution < -0.4 is 15.4 Å². The number of nitrogens with zero attached hydrogens (tertiary/aromatic N) is 2. The number of carbonyl (C=O) groups excluding carboxylic acids is 1. The van der Waals surface area contributed by atoms with Crippen LogP contribution in [0, 0.1) is 6.92 Å². The minimum absolute atomic E-state index is 0.266. The molecule has 0 atom stereocenters. The van der Waals surface area contributed by atoms with Crippen molar-refractivity contribution in [2.45, 2.75) is 25.4 Å². The van der Waals surface area contributed by atoms with Gasteiger partial charge < -0.3 is 10.1 Å². The van der Waals surface area contributed by atoms with Crippen LogP contribution in [0.25, 0.3) is 11.1 Å². The molecule has 0 unspecified atom stereocenters. The van der Waals surface area contributed by atoms with Crippen LogP contribution in [0.3, 0.4) is 0 Å². The van der Waals surface area contributed by atoms with E-state index in [0.717, 1.165) is 33.2 Å². The van der Waals surface area contributed by atoms with Crippen molar-refractivity contribution in [3.8, 4) is 16.9 Å². The van der Waals surface area contributed by atoms with E-state index in [-0.39, 0.29) is 6.03 Å². The number of thioether (sulfide) groups is 1. The third kappa shape index (κ3) is 3.93. The van der Waals surface area contributed by atoms with Gasteiger partial charge in [-0.2, -0.15) is 0 Å². The molecule has 0 radical (unpaired) electrons. The maximum absolute atomic E-state index is 11.6. The summed E-state index contributed by atoms with van der Waals surface area (Å²) in [6.07, 6.45) is 8.18. The van der Waals surface area contributed by atoms with E-state index >= 15 is 0 Å². The summed E-state index contributed by atoms with van der Waals surface area (Å²) in [5, 5.41) is 6.15. The van der Waals surface area contributed by atoms with Gasteiger partial charge in [0.25, 0.3) is 0 Å². The maximum Gasteiger partial charge on any atom is 0.321 e. The Labute approximate surface area is 151 Å². The number of carbonyl (C=O) groups is 1. The largest absolute Gasteiger partial charge is 0.441 e. The van der Waals surface area contributed by atoms with E-state index in [1.165, 1.54) is 11.8 Å². The SMILES string of the molecule is CCNC(=O)NC1=CCc2cc(-c3cnc(SC)nc3)cc(C)c2O1. The Morgan fingerprint density at radius 1 is 1.28 bits per heavy atom. The molecule has 3 rings (SSSR count). The zero-order chi connectivity index (χ0) is 17.8. The Bertz CT molecular complexity index is 819. The Balaban J connectivity index is 1.82. The molecule has 7 heteroatoms. The molecule has 2 aromatic rings. The van der Waals surface area contributed by atoms with Crippen molar-refractivity contribution in [3.05, 3.63) is 47.6 Å². The first-order valence-electron chi connectivity index (χ1n) is 8.03.